The summed E-state index contributed by atoms with van der Waals surface area (Å²) in [6.07, 6.45) is 9.67. The van der Waals surface area contributed by atoms with Crippen molar-refractivity contribution in [2.24, 2.45) is 5.92 Å². The van der Waals surface area contributed by atoms with Crippen molar-refractivity contribution in [1.82, 2.24) is 14.8 Å². The first-order valence-electron chi connectivity index (χ1n) is 10.4. The lowest BCUT2D eigenvalue weighted by Crippen LogP contribution is -2.44. The van der Waals surface area contributed by atoms with Crippen LogP contribution in [0.4, 0.5) is 0 Å². The number of ether oxygens (including phenoxy) is 1. The van der Waals surface area contributed by atoms with Crippen molar-refractivity contribution in [3.8, 4) is 0 Å². The highest BCUT2D eigenvalue weighted by Gasteiger charge is 2.22. The number of benzene rings is 1. The molecule has 1 unspecified atom stereocenters. The van der Waals surface area contributed by atoms with E-state index in [1.165, 1.54) is 6.42 Å². The Labute approximate surface area is 167 Å². The Morgan fingerprint density at radius 2 is 2.11 bits per heavy atom. The molecule has 0 spiro atoms. The number of allylic oxidation sites excluding steroid dienone is 2. The highest BCUT2D eigenvalue weighted by Crippen LogP contribution is 2.21. The van der Waals surface area contributed by atoms with Gasteiger partial charge in [-0.25, -0.2) is 0 Å². The van der Waals surface area contributed by atoms with E-state index in [-0.39, 0.29) is 5.91 Å². The van der Waals surface area contributed by atoms with Crippen molar-refractivity contribution in [3.05, 3.63) is 54.2 Å². The molecule has 0 bridgehead atoms. The molecule has 5 nitrogen and oxygen atoms in total. The summed E-state index contributed by atoms with van der Waals surface area (Å²) in [5.41, 5.74) is 1.69. The van der Waals surface area contributed by atoms with Gasteiger partial charge in [-0.2, -0.15) is 0 Å². The van der Waals surface area contributed by atoms with Gasteiger partial charge in [0.05, 0.1) is 18.7 Å². The van der Waals surface area contributed by atoms with Crippen molar-refractivity contribution in [2.45, 2.75) is 19.3 Å². The zero-order chi connectivity index (χ0) is 19.2. The summed E-state index contributed by atoms with van der Waals surface area (Å²) in [4.78, 5) is 22.2. The van der Waals surface area contributed by atoms with E-state index in [1.807, 2.05) is 30.3 Å². The maximum atomic E-state index is 13.4. The largest absolute Gasteiger partial charge is 0.379 e. The molecule has 148 valence electrons. The highest BCUT2D eigenvalue weighted by molar-refractivity contribution is 5.97. The zero-order valence-electron chi connectivity index (χ0n) is 16.4. The molecule has 4 rings (SSSR count). The number of carbonyl (C=O) groups is 1. The van der Waals surface area contributed by atoms with Crippen LogP contribution in [0.1, 0.15) is 29.6 Å². The quantitative estimate of drug-likeness (QED) is 0.722. The van der Waals surface area contributed by atoms with Gasteiger partial charge in [-0.3, -0.25) is 14.7 Å². The van der Waals surface area contributed by atoms with Gasteiger partial charge in [-0.15, -0.1) is 0 Å². The van der Waals surface area contributed by atoms with E-state index in [4.69, 9.17) is 4.74 Å². The van der Waals surface area contributed by atoms with Crippen LogP contribution < -0.4 is 0 Å². The topological polar surface area (TPSA) is 45.7 Å². The summed E-state index contributed by atoms with van der Waals surface area (Å²) in [6.45, 7) is 6.00. The Morgan fingerprint density at radius 1 is 1.21 bits per heavy atom. The average Bonchev–Trinajstić information content (AvgIpc) is 2.77. The van der Waals surface area contributed by atoms with Crippen LogP contribution in [0.25, 0.3) is 10.9 Å². The first-order valence-corrected chi connectivity index (χ1v) is 10.4. The van der Waals surface area contributed by atoms with Crippen LogP contribution in [0.15, 0.2) is 48.7 Å². The van der Waals surface area contributed by atoms with Gasteiger partial charge in [-0.1, -0.05) is 18.2 Å². The number of pyridine rings is 1. The zero-order valence-corrected chi connectivity index (χ0v) is 16.4. The van der Waals surface area contributed by atoms with E-state index in [0.29, 0.717) is 5.92 Å². The summed E-state index contributed by atoms with van der Waals surface area (Å²) in [5.74, 6) is 0.689. The van der Waals surface area contributed by atoms with Gasteiger partial charge in [0.2, 0.25) is 0 Å². The van der Waals surface area contributed by atoms with E-state index in [9.17, 15) is 4.79 Å². The average molecular weight is 380 g/mol. The predicted molar refractivity (Wildman–Crippen MR) is 111 cm³/mol. The summed E-state index contributed by atoms with van der Waals surface area (Å²) < 4.78 is 5.45. The van der Waals surface area contributed by atoms with Gasteiger partial charge in [0.15, 0.2) is 0 Å². The molecule has 28 heavy (non-hydrogen) atoms. The van der Waals surface area contributed by atoms with Crippen molar-refractivity contribution in [1.29, 1.82) is 0 Å². The minimum Gasteiger partial charge on any atom is -0.379 e. The molecule has 1 aromatic carbocycles. The lowest BCUT2D eigenvalue weighted by Gasteiger charge is -2.32. The summed E-state index contributed by atoms with van der Waals surface area (Å²) in [6, 6.07) is 9.78. The van der Waals surface area contributed by atoms with Crippen LogP contribution in [0.3, 0.4) is 0 Å². The van der Waals surface area contributed by atoms with E-state index in [0.717, 1.165) is 75.2 Å². The van der Waals surface area contributed by atoms with Gasteiger partial charge in [0.1, 0.15) is 0 Å². The molecule has 0 saturated carbocycles. The molecule has 2 aliphatic rings. The summed E-state index contributed by atoms with van der Waals surface area (Å²) in [5, 5.41) is 1.02. The SMILES string of the molecule is O=C(c1ccc2ncccc2c1)N(CCN1CCOCC1)CC1CC=CCC1. The lowest BCUT2D eigenvalue weighted by atomic mass is 9.93. The number of carbonyl (C=O) groups excluding carboxylic acids is 1. The van der Waals surface area contributed by atoms with Crippen molar-refractivity contribution < 1.29 is 9.53 Å². The van der Waals surface area contributed by atoms with E-state index in [1.54, 1.807) is 6.20 Å². The molecule has 0 N–H and O–H groups in total. The Kier molecular flexibility index (Phi) is 6.34. The number of nitrogens with zero attached hydrogens (tertiary/aromatic N) is 3. The summed E-state index contributed by atoms with van der Waals surface area (Å²) in [7, 11) is 0. The molecule has 1 saturated heterocycles. The molecule has 2 heterocycles. The molecule has 2 aromatic rings. The third-order valence-corrected chi connectivity index (χ3v) is 5.78. The minimum atomic E-state index is 0.133. The van der Waals surface area contributed by atoms with Crippen molar-refractivity contribution in [3.63, 3.8) is 0 Å². The molecule has 1 aromatic heterocycles. The number of hydrogen-bond donors (Lipinski definition) is 0. The van der Waals surface area contributed by atoms with Gasteiger partial charge in [0.25, 0.3) is 5.91 Å². The number of hydrogen-bond acceptors (Lipinski definition) is 4. The summed E-state index contributed by atoms with van der Waals surface area (Å²) >= 11 is 0. The molecule has 1 atom stereocenters. The lowest BCUT2D eigenvalue weighted by molar-refractivity contribution is 0.0315. The van der Waals surface area contributed by atoms with Gasteiger partial charge >= 0.3 is 0 Å². The third-order valence-electron chi connectivity index (χ3n) is 5.78. The fraction of sp³-hybridized carbons (Fsp3) is 0.478. The number of fused-ring (bicyclic) bond motifs is 1. The monoisotopic (exact) mass is 379 g/mol. The Morgan fingerprint density at radius 3 is 2.93 bits per heavy atom. The fourth-order valence-electron chi connectivity index (χ4n) is 4.09. The molecular formula is C23H29N3O2. The molecule has 1 fully saturated rings. The highest BCUT2D eigenvalue weighted by atomic mass is 16.5. The first-order chi connectivity index (χ1) is 13.8. The predicted octanol–water partition coefficient (Wildman–Crippen LogP) is 3.37. The Bertz CT molecular complexity index is 829. The van der Waals surface area contributed by atoms with Crippen LogP contribution in [0.2, 0.25) is 0 Å². The minimum absolute atomic E-state index is 0.133. The fourth-order valence-corrected chi connectivity index (χ4v) is 4.09. The van der Waals surface area contributed by atoms with Crippen molar-refractivity contribution >= 4 is 16.8 Å². The number of morpholine rings is 1. The number of rotatable bonds is 6. The maximum Gasteiger partial charge on any atom is 0.253 e. The molecule has 1 aliphatic heterocycles. The molecule has 1 amide bonds. The van der Waals surface area contributed by atoms with Gasteiger partial charge in [-0.05, 0) is 49.4 Å². The Balaban J connectivity index is 1.49. The van der Waals surface area contributed by atoms with Crippen LogP contribution in [-0.2, 0) is 4.74 Å². The van der Waals surface area contributed by atoms with Crippen LogP contribution in [-0.4, -0.2) is 66.6 Å². The van der Waals surface area contributed by atoms with E-state index < -0.39 is 0 Å². The number of aromatic nitrogens is 1. The normalized spacial score (nSPS) is 20.4. The van der Waals surface area contributed by atoms with Crippen LogP contribution in [0, 0.1) is 5.92 Å². The van der Waals surface area contributed by atoms with Crippen LogP contribution >= 0.6 is 0 Å². The van der Waals surface area contributed by atoms with Gasteiger partial charge < -0.3 is 9.64 Å². The first kappa shape index (κ1) is 19.1. The molecular weight excluding hydrogens is 350 g/mol. The standard InChI is InChI=1S/C23H29N3O2/c27-23(21-8-9-22-20(17-21)7-4-10-24-22)26(18-19-5-2-1-3-6-19)12-11-25-13-15-28-16-14-25/h1-2,4,7-10,17,19H,3,5-6,11-16,18H2. The maximum absolute atomic E-state index is 13.4. The molecule has 1 aliphatic carbocycles. The van der Waals surface area contributed by atoms with Gasteiger partial charge in [0, 0.05) is 49.9 Å². The van der Waals surface area contributed by atoms with E-state index >= 15 is 0 Å². The van der Waals surface area contributed by atoms with Crippen LogP contribution in [0.5, 0.6) is 0 Å². The van der Waals surface area contributed by atoms with E-state index in [2.05, 4.69) is 26.9 Å². The molecule has 5 heteroatoms. The molecule has 0 radical (unpaired) electrons. The third kappa shape index (κ3) is 4.78. The Hall–Kier alpha value is -2.24. The second-order valence-corrected chi connectivity index (χ2v) is 7.77. The number of amides is 1. The smallest absolute Gasteiger partial charge is 0.253 e. The second-order valence-electron chi connectivity index (χ2n) is 7.77. The second kappa shape index (κ2) is 9.30. The van der Waals surface area contributed by atoms with Crippen molar-refractivity contribution in [2.75, 3.05) is 45.9 Å².